The van der Waals surface area contributed by atoms with Gasteiger partial charge in [-0.3, -0.25) is 4.79 Å². The highest BCUT2D eigenvalue weighted by Gasteiger charge is 2.26. The van der Waals surface area contributed by atoms with E-state index in [1.54, 1.807) is 12.1 Å². The fourth-order valence-electron chi connectivity index (χ4n) is 2.86. The molecule has 1 aliphatic rings. The molecule has 2 heterocycles. The molecule has 0 spiro atoms. The molecule has 1 saturated heterocycles. The van der Waals surface area contributed by atoms with E-state index in [0.29, 0.717) is 35.5 Å². The molecule has 2 aromatic rings. The maximum atomic E-state index is 14.1. The Morgan fingerprint density at radius 1 is 1.50 bits per heavy atom. The second kappa shape index (κ2) is 8.22. The smallest absolute Gasteiger partial charge is 0.261 e. The first-order valence-electron chi connectivity index (χ1n) is 7.47. The van der Waals surface area contributed by atoms with Gasteiger partial charge in [0.15, 0.2) is 0 Å². The van der Waals surface area contributed by atoms with E-state index in [9.17, 15) is 14.3 Å². The summed E-state index contributed by atoms with van der Waals surface area (Å²) in [6, 6.07) is 4.81. The summed E-state index contributed by atoms with van der Waals surface area (Å²) in [5.74, 6) is -0.604. The van der Waals surface area contributed by atoms with Crippen LogP contribution in [0.1, 0.15) is 15.2 Å². The Bertz CT molecular complexity index is 725. The van der Waals surface area contributed by atoms with Gasteiger partial charge in [-0.05, 0) is 12.1 Å². The van der Waals surface area contributed by atoms with Gasteiger partial charge in [0.25, 0.3) is 5.91 Å². The topological polar surface area (TPSA) is 70.6 Å². The molecule has 5 nitrogen and oxygen atoms in total. The van der Waals surface area contributed by atoms with Crippen molar-refractivity contribution in [3.05, 3.63) is 34.5 Å². The maximum Gasteiger partial charge on any atom is 0.261 e. The van der Waals surface area contributed by atoms with Crippen molar-refractivity contribution in [1.29, 1.82) is 0 Å². The molecule has 1 fully saturated rings. The number of amides is 1. The zero-order valence-electron chi connectivity index (χ0n) is 13.2. The minimum Gasteiger partial charge on any atom is -0.391 e. The number of fused-ring (bicyclic) bond motifs is 1. The lowest BCUT2D eigenvalue weighted by molar-refractivity contribution is 0.0927. The molecule has 1 aromatic carbocycles. The van der Waals surface area contributed by atoms with Gasteiger partial charge in [0.05, 0.1) is 17.6 Å². The standard InChI is InChI=1S/C16H19FN2O3S.ClH/c1-22-8-10-14-11(17)3-2-4-13(14)23-15(10)16(21)19-6-9-5-18-7-12(9)20;/h2-4,9,12,18,20H,5-8H2,1H3,(H,19,21);1H. The number of hydrogen-bond acceptors (Lipinski definition) is 5. The van der Waals surface area contributed by atoms with Crippen molar-refractivity contribution < 1.29 is 19.0 Å². The lowest BCUT2D eigenvalue weighted by Crippen LogP contribution is -2.34. The molecule has 24 heavy (non-hydrogen) atoms. The number of carbonyl (C=O) groups excluding carboxylic acids is 1. The van der Waals surface area contributed by atoms with E-state index in [0.717, 1.165) is 4.70 Å². The maximum absolute atomic E-state index is 14.1. The summed E-state index contributed by atoms with van der Waals surface area (Å²) in [6.07, 6.45) is -0.450. The summed E-state index contributed by atoms with van der Waals surface area (Å²) < 4.78 is 20.0. The van der Waals surface area contributed by atoms with E-state index in [-0.39, 0.29) is 36.7 Å². The van der Waals surface area contributed by atoms with Gasteiger partial charge in [-0.15, -0.1) is 23.7 Å². The third-order valence-electron chi connectivity index (χ3n) is 4.09. The SMILES string of the molecule is COCc1c(C(=O)NCC2CNCC2O)sc2cccc(F)c12.Cl. The third-order valence-corrected chi connectivity index (χ3v) is 5.28. The lowest BCUT2D eigenvalue weighted by atomic mass is 10.1. The highest BCUT2D eigenvalue weighted by atomic mass is 35.5. The zero-order valence-corrected chi connectivity index (χ0v) is 14.8. The van der Waals surface area contributed by atoms with Crippen LogP contribution in [0.25, 0.3) is 10.1 Å². The number of ether oxygens (including phenoxy) is 1. The second-order valence-electron chi connectivity index (χ2n) is 5.65. The summed E-state index contributed by atoms with van der Waals surface area (Å²) in [5.41, 5.74) is 0.577. The second-order valence-corrected chi connectivity index (χ2v) is 6.70. The molecule has 8 heteroatoms. The molecule has 2 atom stereocenters. The summed E-state index contributed by atoms with van der Waals surface area (Å²) in [4.78, 5) is 13.0. The van der Waals surface area contributed by atoms with Crippen LogP contribution in [0.5, 0.6) is 0 Å². The van der Waals surface area contributed by atoms with Crippen LogP contribution in [0.3, 0.4) is 0 Å². The lowest BCUT2D eigenvalue weighted by Gasteiger charge is -2.14. The molecule has 3 N–H and O–H groups in total. The Balaban J connectivity index is 0.00000208. The number of thiophene rings is 1. The zero-order chi connectivity index (χ0) is 16.4. The predicted molar refractivity (Wildman–Crippen MR) is 94.4 cm³/mol. The number of aliphatic hydroxyl groups is 1. The van der Waals surface area contributed by atoms with E-state index >= 15 is 0 Å². The fourth-order valence-corrected chi connectivity index (χ4v) is 4.00. The van der Waals surface area contributed by atoms with E-state index in [1.165, 1.54) is 24.5 Å². The number of halogens is 2. The first-order valence-corrected chi connectivity index (χ1v) is 8.29. The summed E-state index contributed by atoms with van der Waals surface area (Å²) in [6.45, 7) is 1.78. The number of aliphatic hydroxyl groups excluding tert-OH is 1. The van der Waals surface area contributed by atoms with Crippen molar-refractivity contribution in [2.45, 2.75) is 12.7 Å². The Labute approximate surface area is 149 Å². The highest BCUT2D eigenvalue weighted by molar-refractivity contribution is 7.21. The highest BCUT2D eigenvalue weighted by Crippen LogP contribution is 2.33. The minimum absolute atomic E-state index is 0. The average Bonchev–Trinajstić information content (AvgIpc) is 3.10. The number of nitrogens with one attached hydrogen (secondary N) is 2. The molecular weight excluding hydrogens is 355 g/mol. The number of carbonyl (C=O) groups is 1. The largest absolute Gasteiger partial charge is 0.391 e. The van der Waals surface area contributed by atoms with Crippen molar-refractivity contribution in [3.8, 4) is 0 Å². The molecule has 0 saturated carbocycles. The number of rotatable bonds is 5. The number of benzene rings is 1. The molecule has 1 aliphatic heterocycles. The first kappa shape index (κ1) is 19.1. The van der Waals surface area contributed by atoms with Crippen molar-refractivity contribution >= 4 is 39.7 Å². The van der Waals surface area contributed by atoms with Crippen molar-refractivity contribution in [2.75, 3.05) is 26.7 Å². The van der Waals surface area contributed by atoms with Gasteiger partial charge in [-0.25, -0.2) is 4.39 Å². The predicted octanol–water partition coefficient (Wildman–Crippen LogP) is 1.92. The monoisotopic (exact) mass is 374 g/mol. The van der Waals surface area contributed by atoms with Gasteiger partial charge < -0.3 is 20.5 Å². The van der Waals surface area contributed by atoms with Crippen LogP contribution < -0.4 is 10.6 Å². The van der Waals surface area contributed by atoms with Crippen LogP contribution >= 0.6 is 23.7 Å². The van der Waals surface area contributed by atoms with Crippen molar-refractivity contribution in [1.82, 2.24) is 10.6 Å². The molecule has 1 aromatic heterocycles. The Morgan fingerprint density at radius 2 is 2.29 bits per heavy atom. The minimum atomic E-state index is -0.450. The molecule has 2 unspecified atom stereocenters. The number of methoxy groups -OCH3 is 1. The molecule has 0 radical (unpaired) electrons. The van der Waals surface area contributed by atoms with Crippen molar-refractivity contribution in [3.63, 3.8) is 0 Å². The Kier molecular flexibility index (Phi) is 6.54. The van der Waals surface area contributed by atoms with Gasteiger partial charge in [0.2, 0.25) is 0 Å². The van der Waals surface area contributed by atoms with Gasteiger partial charge in [0.1, 0.15) is 5.82 Å². The van der Waals surface area contributed by atoms with E-state index in [2.05, 4.69) is 10.6 Å². The molecular formula is C16H20ClFN2O3S. The van der Waals surface area contributed by atoms with E-state index < -0.39 is 6.10 Å². The number of hydrogen-bond donors (Lipinski definition) is 3. The van der Waals surface area contributed by atoms with Crippen LogP contribution in [0.2, 0.25) is 0 Å². The number of β-amino-alcohol motifs (C(OH)–C–C–N with tert-alkyl or cyclic N) is 1. The quantitative estimate of drug-likeness (QED) is 0.747. The summed E-state index contributed by atoms with van der Waals surface area (Å²) in [7, 11) is 1.52. The van der Waals surface area contributed by atoms with Gasteiger partial charge in [-0.1, -0.05) is 6.07 Å². The van der Waals surface area contributed by atoms with Crippen LogP contribution in [-0.4, -0.2) is 43.9 Å². The molecule has 3 rings (SSSR count). The van der Waals surface area contributed by atoms with E-state index in [4.69, 9.17) is 4.74 Å². The van der Waals surface area contributed by atoms with Gasteiger partial charge >= 0.3 is 0 Å². The molecule has 1 amide bonds. The normalized spacial score (nSPS) is 20.1. The summed E-state index contributed by atoms with van der Waals surface area (Å²) in [5, 5.41) is 16.2. The van der Waals surface area contributed by atoms with Crippen LogP contribution in [0.15, 0.2) is 18.2 Å². The van der Waals surface area contributed by atoms with Crippen LogP contribution in [-0.2, 0) is 11.3 Å². The fraction of sp³-hybridized carbons (Fsp3) is 0.438. The first-order chi connectivity index (χ1) is 11.1. The Hall–Kier alpha value is -1.25. The summed E-state index contributed by atoms with van der Waals surface area (Å²) >= 11 is 1.26. The molecule has 0 aliphatic carbocycles. The molecule has 0 bridgehead atoms. The van der Waals surface area contributed by atoms with E-state index in [1.807, 2.05) is 0 Å². The third kappa shape index (κ3) is 3.70. The molecule has 132 valence electrons. The van der Waals surface area contributed by atoms with Crippen LogP contribution in [0, 0.1) is 11.7 Å². The van der Waals surface area contributed by atoms with Crippen molar-refractivity contribution in [2.24, 2.45) is 5.92 Å². The van der Waals surface area contributed by atoms with Gasteiger partial charge in [-0.2, -0.15) is 0 Å². The average molecular weight is 375 g/mol. The van der Waals surface area contributed by atoms with Gasteiger partial charge in [0, 0.05) is 48.3 Å². The van der Waals surface area contributed by atoms with Crippen LogP contribution in [0.4, 0.5) is 4.39 Å². The Morgan fingerprint density at radius 3 is 2.96 bits per heavy atom.